The predicted octanol–water partition coefficient (Wildman–Crippen LogP) is 18.1. The highest BCUT2D eigenvalue weighted by Gasteiger charge is 2.19. The Balaban J connectivity index is 4.39. The number of esters is 3. The third kappa shape index (κ3) is 50.5. The second kappa shape index (κ2) is 52.3. The van der Waals surface area contributed by atoms with Crippen molar-refractivity contribution in [2.24, 2.45) is 0 Å². The van der Waals surface area contributed by atoms with Gasteiger partial charge in [-0.15, -0.1) is 0 Å². The second-order valence-corrected chi connectivity index (χ2v) is 18.5. The van der Waals surface area contributed by atoms with Gasteiger partial charge in [0.25, 0.3) is 0 Å². The van der Waals surface area contributed by atoms with Crippen molar-refractivity contribution in [2.75, 3.05) is 13.2 Å². The van der Waals surface area contributed by atoms with Crippen LogP contribution in [0.5, 0.6) is 0 Å². The van der Waals surface area contributed by atoms with Crippen LogP contribution in [0.3, 0.4) is 0 Å². The van der Waals surface area contributed by atoms with Crippen molar-refractivity contribution >= 4 is 17.9 Å². The highest BCUT2D eigenvalue weighted by Crippen LogP contribution is 2.16. The van der Waals surface area contributed by atoms with E-state index in [0.29, 0.717) is 19.3 Å². The van der Waals surface area contributed by atoms with Crippen LogP contribution in [0.2, 0.25) is 0 Å². The molecule has 0 aliphatic rings. The van der Waals surface area contributed by atoms with E-state index < -0.39 is 6.10 Å². The van der Waals surface area contributed by atoms with E-state index in [0.717, 1.165) is 64.2 Å². The first-order valence-corrected chi connectivity index (χ1v) is 27.5. The van der Waals surface area contributed by atoms with Crippen LogP contribution in [0.1, 0.15) is 290 Å². The van der Waals surface area contributed by atoms with E-state index in [2.05, 4.69) is 57.2 Å². The minimum Gasteiger partial charge on any atom is -0.462 e. The molecule has 0 atom stereocenters. The fraction of sp³-hybridized carbons (Fsp3) is 0.842. The summed E-state index contributed by atoms with van der Waals surface area (Å²) in [6.07, 6.45) is 61.3. The topological polar surface area (TPSA) is 78.9 Å². The summed E-state index contributed by atoms with van der Waals surface area (Å²) in [4.78, 5) is 38.0. The molecular weight excluding hydrogens is 781 g/mol. The lowest BCUT2D eigenvalue weighted by molar-refractivity contribution is -0.167. The monoisotopic (exact) mass is 885 g/mol. The Kier molecular flexibility index (Phi) is 50.3. The van der Waals surface area contributed by atoms with Crippen molar-refractivity contribution in [1.82, 2.24) is 0 Å². The van der Waals surface area contributed by atoms with Gasteiger partial charge in [0.15, 0.2) is 6.10 Å². The van der Waals surface area contributed by atoms with Crippen LogP contribution in [0.15, 0.2) is 36.5 Å². The molecule has 0 aliphatic heterocycles. The molecule has 0 radical (unpaired) electrons. The number of allylic oxidation sites excluding steroid dienone is 6. The number of hydrogen-bond donors (Lipinski definition) is 0. The zero-order valence-corrected chi connectivity index (χ0v) is 42.1. The third-order valence-corrected chi connectivity index (χ3v) is 12.1. The lowest BCUT2D eigenvalue weighted by atomic mass is 10.0. The smallest absolute Gasteiger partial charge is 0.306 e. The molecule has 0 rings (SSSR count). The van der Waals surface area contributed by atoms with E-state index in [1.165, 1.54) is 180 Å². The maximum absolute atomic E-state index is 12.8. The van der Waals surface area contributed by atoms with Crippen molar-refractivity contribution in [3.63, 3.8) is 0 Å². The molecule has 0 aromatic carbocycles. The summed E-state index contributed by atoms with van der Waals surface area (Å²) in [5.74, 6) is -0.905. The van der Waals surface area contributed by atoms with Crippen LogP contribution < -0.4 is 0 Å². The summed E-state index contributed by atoms with van der Waals surface area (Å²) < 4.78 is 16.8. The fourth-order valence-electron chi connectivity index (χ4n) is 7.98. The number of rotatable bonds is 50. The van der Waals surface area contributed by atoms with Crippen LogP contribution >= 0.6 is 0 Å². The van der Waals surface area contributed by atoms with Crippen LogP contribution in [0.4, 0.5) is 0 Å². The first-order valence-electron chi connectivity index (χ1n) is 27.5. The van der Waals surface area contributed by atoms with E-state index in [9.17, 15) is 14.4 Å². The minimum absolute atomic E-state index is 0.0829. The standard InChI is InChI=1S/C57H104O6/c1-4-7-10-13-16-19-22-25-28-31-34-37-40-43-46-49-55(58)61-52-54(63-57(60)51-48-45-42-39-36-33-30-27-24-21-18-15-12-9-6-3)53-62-56(59)50-47-44-41-38-35-32-29-26-23-20-17-14-11-8-5-2/h18,21,27,30,36,39,54H,4-17,19-20,22-26,28-29,31-35,37-38,40-53H2,1-3H3/b21-18-,30-27-,39-36-. The van der Waals surface area contributed by atoms with Gasteiger partial charge in [0, 0.05) is 19.3 Å². The largest absolute Gasteiger partial charge is 0.462 e. The van der Waals surface area contributed by atoms with Crippen LogP contribution in [-0.2, 0) is 28.6 Å². The van der Waals surface area contributed by atoms with Gasteiger partial charge in [-0.3, -0.25) is 14.4 Å². The molecule has 0 spiro atoms. The maximum Gasteiger partial charge on any atom is 0.306 e. The fourth-order valence-corrected chi connectivity index (χ4v) is 7.98. The van der Waals surface area contributed by atoms with E-state index in [4.69, 9.17) is 14.2 Å². The molecule has 0 aromatic rings. The first-order chi connectivity index (χ1) is 31.0. The van der Waals surface area contributed by atoms with Crippen LogP contribution in [0, 0.1) is 0 Å². The summed E-state index contributed by atoms with van der Waals surface area (Å²) in [5, 5.41) is 0. The molecule has 0 N–H and O–H groups in total. The highest BCUT2D eigenvalue weighted by molar-refractivity contribution is 5.71. The molecule has 6 heteroatoms. The van der Waals surface area contributed by atoms with Crippen LogP contribution in [-0.4, -0.2) is 37.2 Å². The van der Waals surface area contributed by atoms with Crippen molar-refractivity contribution < 1.29 is 28.6 Å². The molecule has 0 amide bonds. The van der Waals surface area contributed by atoms with Gasteiger partial charge in [0.2, 0.25) is 0 Å². The van der Waals surface area contributed by atoms with Gasteiger partial charge in [0.1, 0.15) is 13.2 Å². The number of unbranched alkanes of at least 4 members (excludes halogenated alkanes) is 33. The third-order valence-electron chi connectivity index (χ3n) is 12.1. The normalized spacial score (nSPS) is 11.8. The summed E-state index contributed by atoms with van der Waals surface area (Å²) in [5.41, 5.74) is 0. The summed E-state index contributed by atoms with van der Waals surface area (Å²) in [7, 11) is 0. The number of ether oxygens (including phenoxy) is 3. The Hall–Kier alpha value is -2.37. The van der Waals surface area contributed by atoms with Gasteiger partial charge in [-0.05, 0) is 57.8 Å². The molecule has 0 unspecified atom stereocenters. The lowest BCUT2D eigenvalue weighted by Crippen LogP contribution is -2.30. The van der Waals surface area contributed by atoms with E-state index in [-0.39, 0.29) is 37.5 Å². The second-order valence-electron chi connectivity index (χ2n) is 18.5. The SMILES string of the molecule is CCCCC/C=C\C/C=C\C/C=C\CCCCC(=O)OC(COC(=O)CCCCCCCCCCCCCCCCC)COC(=O)CCCCCCCCCCCCCCCCC. The Morgan fingerprint density at radius 2 is 0.571 bits per heavy atom. The Bertz CT molecular complexity index is 1010. The van der Waals surface area contributed by atoms with E-state index in [1.807, 2.05) is 0 Å². The molecule has 0 aromatic heterocycles. The van der Waals surface area contributed by atoms with Crippen molar-refractivity contribution in [3.05, 3.63) is 36.5 Å². The lowest BCUT2D eigenvalue weighted by Gasteiger charge is -2.18. The minimum atomic E-state index is -0.787. The summed E-state index contributed by atoms with van der Waals surface area (Å²) >= 11 is 0. The number of carbonyl (C=O) groups excluding carboxylic acids is 3. The quantitative estimate of drug-likeness (QED) is 0.0262. The molecule has 0 bridgehead atoms. The predicted molar refractivity (Wildman–Crippen MR) is 270 cm³/mol. The van der Waals surface area contributed by atoms with Gasteiger partial charge < -0.3 is 14.2 Å². The molecule has 0 saturated heterocycles. The maximum atomic E-state index is 12.8. The molecule has 0 fully saturated rings. The molecular formula is C57H104O6. The van der Waals surface area contributed by atoms with Gasteiger partial charge in [-0.2, -0.15) is 0 Å². The molecule has 63 heavy (non-hydrogen) atoms. The summed E-state index contributed by atoms with van der Waals surface area (Å²) in [6, 6.07) is 0. The number of carbonyl (C=O) groups is 3. The van der Waals surface area contributed by atoms with Crippen molar-refractivity contribution in [1.29, 1.82) is 0 Å². The number of hydrogen-bond acceptors (Lipinski definition) is 6. The zero-order chi connectivity index (χ0) is 45.8. The Labute approximate surface area is 391 Å². The Morgan fingerprint density at radius 3 is 0.921 bits per heavy atom. The molecule has 0 heterocycles. The Morgan fingerprint density at radius 1 is 0.317 bits per heavy atom. The average Bonchev–Trinajstić information content (AvgIpc) is 3.28. The van der Waals surface area contributed by atoms with E-state index in [1.54, 1.807) is 0 Å². The van der Waals surface area contributed by atoms with Gasteiger partial charge in [0.05, 0.1) is 0 Å². The highest BCUT2D eigenvalue weighted by atomic mass is 16.6. The van der Waals surface area contributed by atoms with Gasteiger partial charge in [-0.25, -0.2) is 0 Å². The molecule has 0 aliphatic carbocycles. The van der Waals surface area contributed by atoms with E-state index >= 15 is 0 Å². The zero-order valence-electron chi connectivity index (χ0n) is 42.1. The average molecular weight is 885 g/mol. The molecule has 0 saturated carbocycles. The van der Waals surface area contributed by atoms with Crippen molar-refractivity contribution in [3.8, 4) is 0 Å². The molecule has 6 nitrogen and oxygen atoms in total. The summed E-state index contributed by atoms with van der Waals surface area (Å²) in [6.45, 7) is 6.61. The van der Waals surface area contributed by atoms with Gasteiger partial charge >= 0.3 is 17.9 Å². The molecule has 368 valence electrons. The van der Waals surface area contributed by atoms with Gasteiger partial charge in [-0.1, -0.05) is 250 Å². The first kappa shape index (κ1) is 60.6. The van der Waals surface area contributed by atoms with Crippen molar-refractivity contribution in [2.45, 2.75) is 297 Å². The van der Waals surface area contributed by atoms with Crippen LogP contribution in [0.25, 0.3) is 0 Å².